The van der Waals surface area contributed by atoms with Gasteiger partial charge in [-0.15, -0.1) is 0 Å². The highest BCUT2D eigenvalue weighted by Crippen LogP contribution is 2.22. The predicted octanol–water partition coefficient (Wildman–Crippen LogP) is 2.03. The van der Waals surface area contributed by atoms with Gasteiger partial charge in [-0.25, -0.2) is 14.8 Å². The third-order valence-electron chi connectivity index (χ3n) is 3.30. The molecule has 3 rings (SSSR count). The van der Waals surface area contributed by atoms with Crippen LogP contribution in [-0.4, -0.2) is 29.3 Å². The van der Waals surface area contributed by atoms with E-state index >= 15 is 0 Å². The number of carboxylic acids is 1. The number of hydrogen-bond acceptors (Lipinski definition) is 4. The van der Waals surface area contributed by atoms with Crippen LogP contribution in [0.25, 0.3) is 5.57 Å². The molecule has 5 heteroatoms. The van der Waals surface area contributed by atoms with Crippen molar-refractivity contribution in [2.75, 3.05) is 6.54 Å². The van der Waals surface area contributed by atoms with Gasteiger partial charge in [0, 0.05) is 5.57 Å². The first-order valence-electron chi connectivity index (χ1n) is 6.45. The molecule has 0 aromatic heterocycles. The van der Waals surface area contributed by atoms with Gasteiger partial charge in [-0.05, 0) is 35.4 Å². The SMILES string of the molecule is NC1=NCC2=CC(c3ccc(C(=O)O)cc3)=CC=CC2=N1. The van der Waals surface area contributed by atoms with Crippen LogP contribution in [0.2, 0.25) is 0 Å². The lowest BCUT2D eigenvalue weighted by molar-refractivity contribution is 0.0697. The fraction of sp³-hybridized carbons (Fsp3) is 0.0625. The van der Waals surface area contributed by atoms with E-state index in [4.69, 9.17) is 10.8 Å². The zero-order chi connectivity index (χ0) is 14.8. The van der Waals surface area contributed by atoms with Gasteiger partial charge in [0.1, 0.15) is 0 Å². The van der Waals surface area contributed by atoms with Gasteiger partial charge in [-0.3, -0.25) is 0 Å². The molecule has 0 unspecified atom stereocenters. The molecule has 1 aliphatic heterocycles. The third kappa shape index (κ3) is 2.67. The topological polar surface area (TPSA) is 88.0 Å². The van der Waals surface area contributed by atoms with E-state index in [9.17, 15) is 4.79 Å². The number of benzene rings is 1. The lowest BCUT2D eigenvalue weighted by Gasteiger charge is -2.10. The number of hydrogen-bond donors (Lipinski definition) is 2. The smallest absolute Gasteiger partial charge is 0.335 e. The average Bonchev–Trinajstić information content (AvgIpc) is 2.69. The van der Waals surface area contributed by atoms with Crippen LogP contribution in [0.3, 0.4) is 0 Å². The summed E-state index contributed by atoms with van der Waals surface area (Å²) in [7, 11) is 0. The summed E-state index contributed by atoms with van der Waals surface area (Å²) >= 11 is 0. The maximum Gasteiger partial charge on any atom is 0.335 e. The van der Waals surface area contributed by atoms with Crippen molar-refractivity contribution < 1.29 is 9.90 Å². The Balaban J connectivity index is 1.95. The van der Waals surface area contributed by atoms with Crippen molar-refractivity contribution in [1.29, 1.82) is 0 Å². The van der Waals surface area contributed by atoms with Crippen molar-refractivity contribution in [2.45, 2.75) is 0 Å². The van der Waals surface area contributed by atoms with Crippen molar-refractivity contribution >= 4 is 23.2 Å². The van der Waals surface area contributed by atoms with E-state index in [0.29, 0.717) is 12.5 Å². The van der Waals surface area contributed by atoms with Gasteiger partial charge in [0.15, 0.2) is 0 Å². The Morgan fingerprint density at radius 1 is 1.24 bits per heavy atom. The summed E-state index contributed by atoms with van der Waals surface area (Å²) in [6.07, 6.45) is 7.76. The minimum absolute atomic E-state index is 0.272. The Labute approximate surface area is 121 Å². The average molecular weight is 279 g/mol. The predicted molar refractivity (Wildman–Crippen MR) is 82.5 cm³/mol. The Morgan fingerprint density at radius 3 is 2.71 bits per heavy atom. The van der Waals surface area contributed by atoms with E-state index in [2.05, 4.69) is 9.98 Å². The molecular formula is C16H13N3O2. The first-order chi connectivity index (χ1) is 10.1. The van der Waals surface area contributed by atoms with E-state index in [1.807, 2.05) is 24.3 Å². The van der Waals surface area contributed by atoms with Crippen LogP contribution >= 0.6 is 0 Å². The van der Waals surface area contributed by atoms with Crippen molar-refractivity contribution in [3.8, 4) is 0 Å². The molecule has 21 heavy (non-hydrogen) atoms. The molecule has 1 heterocycles. The number of rotatable bonds is 2. The van der Waals surface area contributed by atoms with Gasteiger partial charge in [-0.2, -0.15) is 0 Å². The molecule has 0 saturated carbocycles. The molecule has 1 aromatic carbocycles. The largest absolute Gasteiger partial charge is 0.478 e. The summed E-state index contributed by atoms with van der Waals surface area (Å²) in [5.74, 6) is -0.637. The maximum atomic E-state index is 10.9. The highest BCUT2D eigenvalue weighted by molar-refractivity contribution is 6.16. The van der Waals surface area contributed by atoms with Crippen molar-refractivity contribution in [3.63, 3.8) is 0 Å². The molecule has 0 radical (unpaired) electrons. The molecule has 104 valence electrons. The maximum absolute atomic E-state index is 10.9. The minimum atomic E-state index is -0.929. The normalized spacial score (nSPS) is 17.0. The second-order valence-corrected chi connectivity index (χ2v) is 4.70. The second-order valence-electron chi connectivity index (χ2n) is 4.70. The third-order valence-corrected chi connectivity index (χ3v) is 3.30. The van der Waals surface area contributed by atoms with Crippen LogP contribution in [0.5, 0.6) is 0 Å². The molecule has 0 bridgehead atoms. The van der Waals surface area contributed by atoms with Gasteiger partial charge < -0.3 is 10.8 Å². The number of aliphatic imine (C=N–C) groups is 2. The van der Waals surface area contributed by atoms with Crippen LogP contribution in [0, 0.1) is 0 Å². The molecule has 0 amide bonds. The van der Waals surface area contributed by atoms with E-state index < -0.39 is 5.97 Å². The first-order valence-corrected chi connectivity index (χ1v) is 6.45. The van der Waals surface area contributed by atoms with Gasteiger partial charge in [0.25, 0.3) is 0 Å². The van der Waals surface area contributed by atoms with Gasteiger partial charge >= 0.3 is 5.97 Å². The Bertz CT molecular complexity index is 750. The quantitative estimate of drug-likeness (QED) is 0.868. The summed E-state index contributed by atoms with van der Waals surface area (Å²) in [5.41, 5.74) is 9.62. The van der Waals surface area contributed by atoms with Crippen molar-refractivity contribution in [1.82, 2.24) is 0 Å². The number of carboxylic acid groups (broad SMARTS) is 1. The number of aromatic carboxylic acids is 1. The lowest BCUT2D eigenvalue weighted by Crippen LogP contribution is -2.19. The zero-order valence-corrected chi connectivity index (χ0v) is 11.2. The van der Waals surface area contributed by atoms with Crippen LogP contribution < -0.4 is 5.73 Å². The van der Waals surface area contributed by atoms with Gasteiger partial charge in [0.05, 0.1) is 17.8 Å². The number of guanidine groups is 1. The second kappa shape index (κ2) is 5.20. The molecule has 0 atom stereocenters. The van der Waals surface area contributed by atoms with Crippen LogP contribution in [0.1, 0.15) is 15.9 Å². The molecule has 0 fully saturated rings. The summed E-state index contributed by atoms with van der Waals surface area (Å²) in [5, 5.41) is 8.93. The summed E-state index contributed by atoms with van der Waals surface area (Å²) in [6, 6.07) is 6.78. The number of allylic oxidation sites excluding steroid dienone is 5. The molecule has 2 aliphatic rings. The fourth-order valence-corrected chi connectivity index (χ4v) is 2.21. The summed E-state index contributed by atoms with van der Waals surface area (Å²) in [4.78, 5) is 19.2. The van der Waals surface area contributed by atoms with Crippen molar-refractivity contribution in [2.24, 2.45) is 15.7 Å². The van der Waals surface area contributed by atoms with Crippen LogP contribution in [-0.2, 0) is 0 Å². The number of nitrogens with zero attached hydrogens (tertiary/aromatic N) is 2. The summed E-state index contributed by atoms with van der Waals surface area (Å²) in [6.45, 7) is 0.500. The van der Waals surface area contributed by atoms with Crippen LogP contribution in [0.15, 0.2) is 64.1 Å². The van der Waals surface area contributed by atoms with Crippen molar-refractivity contribution in [3.05, 3.63) is 65.3 Å². The Kier molecular flexibility index (Phi) is 3.23. The van der Waals surface area contributed by atoms with Gasteiger partial charge in [0.2, 0.25) is 5.96 Å². The standard InChI is InChI=1S/C16H13N3O2/c17-16-18-9-13-8-12(2-1-3-14(13)19-16)10-4-6-11(7-5-10)15(20)21/h1-8H,9H2,(H2,17,18)(H,20,21). The molecule has 0 spiro atoms. The number of fused-ring (bicyclic) bond motifs is 1. The molecule has 5 nitrogen and oxygen atoms in total. The van der Waals surface area contributed by atoms with E-state index in [0.717, 1.165) is 22.4 Å². The number of carbonyl (C=O) groups is 1. The highest BCUT2D eigenvalue weighted by Gasteiger charge is 2.13. The Morgan fingerprint density at radius 2 is 2.00 bits per heavy atom. The Hall–Kier alpha value is -2.95. The molecule has 0 saturated heterocycles. The molecule has 1 aliphatic carbocycles. The van der Waals surface area contributed by atoms with E-state index in [-0.39, 0.29) is 5.56 Å². The van der Waals surface area contributed by atoms with E-state index in [1.54, 1.807) is 24.3 Å². The monoisotopic (exact) mass is 279 g/mol. The first kappa shape index (κ1) is 13.1. The van der Waals surface area contributed by atoms with Gasteiger partial charge in [-0.1, -0.05) is 24.3 Å². The highest BCUT2D eigenvalue weighted by atomic mass is 16.4. The van der Waals surface area contributed by atoms with E-state index in [1.165, 1.54) is 0 Å². The fourth-order valence-electron chi connectivity index (χ4n) is 2.21. The number of nitrogens with two attached hydrogens (primary N) is 1. The van der Waals surface area contributed by atoms with Crippen LogP contribution in [0.4, 0.5) is 0 Å². The lowest BCUT2D eigenvalue weighted by atomic mass is 10.0. The zero-order valence-electron chi connectivity index (χ0n) is 11.2. The molecule has 1 aromatic rings. The molecular weight excluding hydrogens is 266 g/mol. The summed E-state index contributed by atoms with van der Waals surface area (Å²) < 4.78 is 0. The minimum Gasteiger partial charge on any atom is -0.478 e. The molecule has 3 N–H and O–H groups in total.